The zero-order valence-electron chi connectivity index (χ0n) is 50.4. The van der Waals surface area contributed by atoms with Gasteiger partial charge < -0.3 is 53.9 Å². The van der Waals surface area contributed by atoms with E-state index in [9.17, 15) is 24.0 Å². The minimum absolute atomic E-state index is 0.158. The smallest absolute Gasteiger partial charge is 0.411 e. The molecule has 452 valence electrons. The van der Waals surface area contributed by atoms with E-state index < -0.39 is 36.1 Å². The number of carbonyl (C=O) groups excluding carboxylic acids is 5. The first-order valence-electron chi connectivity index (χ1n) is 29.9. The Kier molecular flexibility index (Phi) is 16.6. The largest absolute Gasteiger partial charge is 0.493 e. The third-order valence-corrected chi connectivity index (χ3v) is 17.2. The Hall–Kier alpha value is -9.75. The summed E-state index contributed by atoms with van der Waals surface area (Å²) in [7, 11) is 6.75. The molecule has 0 bridgehead atoms. The number of piperazine rings is 1. The molecule has 5 aliphatic heterocycles. The van der Waals surface area contributed by atoms with Gasteiger partial charge in [-0.1, -0.05) is 86.6 Å². The third kappa shape index (κ3) is 11.7. The summed E-state index contributed by atoms with van der Waals surface area (Å²) >= 11 is 0. The van der Waals surface area contributed by atoms with Gasteiger partial charge in [-0.15, -0.1) is 0 Å². The Bertz CT molecular complexity index is 3790. The number of hydrogen-bond acceptors (Lipinski definition) is 14. The van der Waals surface area contributed by atoms with Crippen molar-refractivity contribution < 1.29 is 47.7 Å². The van der Waals surface area contributed by atoms with E-state index in [4.69, 9.17) is 33.7 Å². The summed E-state index contributed by atoms with van der Waals surface area (Å²) < 4.78 is 30.0. The van der Waals surface area contributed by atoms with Gasteiger partial charge in [0.2, 0.25) is 11.8 Å². The molecule has 88 heavy (non-hydrogen) atoms. The van der Waals surface area contributed by atoms with Gasteiger partial charge in [-0.2, -0.15) is 0 Å². The summed E-state index contributed by atoms with van der Waals surface area (Å²) in [6.45, 7) is 9.86. The maximum Gasteiger partial charge on any atom is 0.411 e. The maximum atomic E-state index is 14.2. The Labute approximate surface area is 511 Å². The number of likely N-dealkylation sites (N-methyl/N-ethyl adjacent to an activating group) is 2. The number of amides is 5. The first kappa shape index (κ1) is 58.6. The van der Waals surface area contributed by atoms with Gasteiger partial charge >= 0.3 is 6.09 Å². The average Bonchev–Trinajstić information content (AvgIpc) is 1.79. The van der Waals surface area contributed by atoms with E-state index in [0.717, 1.165) is 70.7 Å². The Balaban J connectivity index is 0.621. The number of methoxy groups -OCH3 is 2. The van der Waals surface area contributed by atoms with Gasteiger partial charge in [-0.3, -0.25) is 34.1 Å². The Morgan fingerprint density at radius 1 is 0.625 bits per heavy atom. The zero-order chi connectivity index (χ0) is 61.3. The van der Waals surface area contributed by atoms with Gasteiger partial charge in [0.15, 0.2) is 29.1 Å². The lowest BCUT2D eigenvalue weighted by molar-refractivity contribution is -0.130. The number of benzene rings is 6. The molecule has 2 N–H and O–H groups in total. The second-order valence-corrected chi connectivity index (χ2v) is 23.3. The molecule has 5 heterocycles. The van der Waals surface area contributed by atoms with Crippen LogP contribution in [0.25, 0.3) is 22.3 Å². The molecule has 0 unspecified atom stereocenters. The molecule has 0 saturated carbocycles. The summed E-state index contributed by atoms with van der Waals surface area (Å²) in [5.41, 5.74) is 11.1. The van der Waals surface area contributed by atoms with Crippen LogP contribution in [0.2, 0.25) is 0 Å². The molecule has 0 aromatic heterocycles. The SMILES string of the molecule is COc1cc2c(cc1OCCCOc1cc3c(cc1OC)C(=O)N1C=C(c4ccc(N5CCN(C)CC5)cc4)C[C@H]1C=N3)N=C[C@@H]1CC(c3ccc(NC(=O)[C@H](C)NC(=O)[C@H](C(C)C)N(C)C(=O)OC4c5ccccc5-c5ccccc54)cc3)=CN1C2=O. The number of aliphatic imine (C=N–C) groups is 2. The van der Waals surface area contributed by atoms with E-state index in [0.29, 0.717) is 70.4 Å². The number of hydrogen-bond donors (Lipinski definition) is 2. The first-order valence-corrected chi connectivity index (χ1v) is 29.9. The van der Waals surface area contributed by atoms with E-state index in [1.165, 1.54) is 24.7 Å². The van der Waals surface area contributed by atoms with E-state index in [2.05, 4.69) is 51.7 Å². The summed E-state index contributed by atoms with van der Waals surface area (Å²) in [6, 6.07) is 35.9. The molecule has 19 nitrogen and oxygen atoms in total. The molecule has 1 aliphatic carbocycles. The fourth-order valence-electron chi connectivity index (χ4n) is 12.4. The lowest BCUT2D eigenvalue weighted by Gasteiger charge is -2.34. The van der Waals surface area contributed by atoms with E-state index in [-0.39, 0.29) is 43.0 Å². The van der Waals surface area contributed by atoms with Crippen LogP contribution in [-0.2, 0) is 14.3 Å². The fourth-order valence-corrected chi connectivity index (χ4v) is 12.4. The highest BCUT2D eigenvalue weighted by Crippen LogP contribution is 2.46. The number of nitrogens with one attached hydrogen (secondary N) is 2. The van der Waals surface area contributed by atoms with Gasteiger partial charge in [0, 0.05) is 112 Å². The monoisotopic (exact) mass is 1190 g/mol. The van der Waals surface area contributed by atoms with Crippen LogP contribution in [0.4, 0.5) is 27.5 Å². The lowest BCUT2D eigenvalue weighted by atomic mass is 10.0. The van der Waals surface area contributed by atoms with Gasteiger partial charge in [0.1, 0.15) is 12.1 Å². The van der Waals surface area contributed by atoms with Gasteiger partial charge in [-0.25, -0.2) is 4.79 Å². The molecule has 6 aromatic carbocycles. The normalized spacial score (nSPS) is 18.1. The maximum absolute atomic E-state index is 14.2. The van der Waals surface area contributed by atoms with Crippen LogP contribution in [0.3, 0.4) is 0 Å². The highest BCUT2D eigenvalue weighted by molar-refractivity contribution is 6.07. The van der Waals surface area contributed by atoms with Gasteiger partial charge in [0.25, 0.3) is 11.8 Å². The number of rotatable bonds is 18. The van der Waals surface area contributed by atoms with Crippen LogP contribution in [0, 0.1) is 5.92 Å². The van der Waals surface area contributed by atoms with Crippen molar-refractivity contribution in [2.24, 2.45) is 15.9 Å². The minimum Gasteiger partial charge on any atom is -0.493 e. The van der Waals surface area contributed by atoms with Crippen LogP contribution in [0.15, 0.2) is 144 Å². The standard InChI is InChI=1S/C69H71N9O10/c1-41(2)63(75(5)69(83)88-64-53-15-10-8-13-51(53)52-14-9-11-16-54(52)64)66(80)72-42(3)65(79)73-47-21-17-43(18-22-47)45-31-49-37-70-57-35-61(59(84-6)33-55(57)67(81)77(49)39-45)86-29-12-30-87-62-36-58-56(34-60(62)85-7)68(82)78-40-46(32-50(78)38-71-58)44-19-23-48(24-20-44)76-27-25-74(4)26-28-76/h8-11,13-24,33-42,49-50,63-64H,12,25-32H2,1-7H3,(H,72,80)(H,73,79)/t42-,49-,50-,63-/m0/s1. The molecule has 0 radical (unpaired) electrons. The molecular weight excluding hydrogens is 1110 g/mol. The molecule has 1 fully saturated rings. The molecule has 6 aromatic rings. The van der Waals surface area contributed by atoms with Crippen LogP contribution in [-0.4, -0.2) is 154 Å². The topological polar surface area (TPSA) is 196 Å². The van der Waals surface area contributed by atoms with E-state index in [1.807, 2.05) is 93.1 Å². The molecule has 12 rings (SSSR count). The number of nitrogens with zero attached hydrogens (tertiary/aromatic N) is 7. The Morgan fingerprint density at radius 3 is 1.62 bits per heavy atom. The molecule has 4 atom stereocenters. The number of fused-ring (bicyclic) bond motifs is 7. The summed E-state index contributed by atoms with van der Waals surface area (Å²) in [5, 5.41) is 5.69. The van der Waals surface area contributed by atoms with Crippen molar-refractivity contribution in [1.29, 1.82) is 0 Å². The molecular formula is C69H71N9O10. The van der Waals surface area contributed by atoms with Crippen LogP contribution in [0.1, 0.15) is 89.1 Å². The van der Waals surface area contributed by atoms with Gasteiger partial charge in [0.05, 0.1) is 62.0 Å². The van der Waals surface area contributed by atoms with Crippen molar-refractivity contribution in [3.05, 3.63) is 167 Å². The highest BCUT2D eigenvalue weighted by Gasteiger charge is 2.39. The van der Waals surface area contributed by atoms with Crippen LogP contribution in [0.5, 0.6) is 23.0 Å². The number of ether oxygens (including phenoxy) is 5. The predicted molar refractivity (Wildman–Crippen MR) is 338 cm³/mol. The first-order chi connectivity index (χ1) is 42.6. The average molecular weight is 1190 g/mol. The van der Waals surface area contributed by atoms with Crippen molar-refractivity contribution >= 4 is 76.0 Å². The lowest BCUT2D eigenvalue weighted by Crippen LogP contribution is -2.54. The summed E-state index contributed by atoms with van der Waals surface area (Å²) in [5.74, 6) is 0.0224. The van der Waals surface area contributed by atoms with Gasteiger partial charge in [-0.05, 0) is 89.7 Å². The molecule has 5 amide bonds. The summed E-state index contributed by atoms with van der Waals surface area (Å²) in [6.07, 6.45) is 7.72. The van der Waals surface area contributed by atoms with Crippen LogP contribution < -0.4 is 34.5 Å². The van der Waals surface area contributed by atoms with E-state index >= 15 is 0 Å². The van der Waals surface area contributed by atoms with Crippen molar-refractivity contribution in [2.75, 3.05) is 77.9 Å². The fraction of sp³-hybridized carbons (Fsp3) is 0.319. The molecule has 6 aliphatic rings. The van der Waals surface area contributed by atoms with Crippen molar-refractivity contribution in [3.8, 4) is 34.1 Å². The second-order valence-electron chi connectivity index (χ2n) is 23.3. The minimum atomic E-state index is -0.943. The summed E-state index contributed by atoms with van der Waals surface area (Å²) in [4.78, 5) is 88.3. The molecule has 19 heteroatoms. The Morgan fingerprint density at radius 2 is 1.12 bits per heavy atom. The predicted octanol–water partition coefficient (Wildman–Crippen LogP) is 10.6. The quantitative estimate of drug-likeness (QED) is 0.0774. The van der Waals surface area contributed by atoms with Crippen molar-refractivity contribution in [2.45, 2.75) is 70.3 Å². The van der Waals surface area contributed by atoms with E-state index in [1.54, 1.807) is 66.4 Å². The van der Waals surface area contributed by atoms with Crippen molar-refractivity contribution in [1.82, 2.24) is 24.9 Å². The zero-order valence-corrected chi connectivity index (χ0v) is 50.4. The highest BCUT2D eigenvalue weighted by atomic mass is 16.6. The number of anilines is 2. The molecule has 1 saturated heterocycles. The second kappa shape index (κ2) is 24.9. The van der Waals surface area contributed by atoms with Crippen molar-refractivity contribution in [3.63, 3.8) is 0 Å². The number of carbonyl (C=O) groups is 5. The van der Waals surface area contributed by atoms with Crippen LogP contribution >= 0.6 is 0 Å². The third-order valence-electron chi connectivity index (χ3n) is 17.2. The molecule has 0 spiro atoms.